The maximum Gasteiger partial charge on any atom is 0.416 e. The monoisotopic (exact) mass is 392 g/mol. The summed E-state index contributed by atoms with van der Waals surface area (Å²) in [6.45, 7) is 5.27. The summed E-state index contributed by atoms with van der Waals surface area (Å²) in [5.74, 6) is 1.32. The third-order valence-corrected chi connectivity index (χ3v) is 4.57. The molecule has 0 fully saturated rings. The van der Waals surface area contributed by atoms with Crippen LogP contribution in [-0.4, -0.2) is 23.3 Å². The molecule has 7 heteroatoms. The molecule has 4 nitrogen and oxygen atoms in total. The van der Waals surface area contributed by atoms with E-state index in [9.17, 15) is 13.2 Å². The number of nitrogens with zero attached hydrogens (tertiary/aromatic N) is 2. The predicted octanol–water partition coefficient (Wildman–Crippen LogP) is 5.29. The number of ether oxygens (including phenoxy) is 2. The van der Waals surface area contributed by atoms with E-state index < -0.39 is 11.7 Å². The second-order valence-corrected chi connectivity index (χ2v) is 6.78. The SMILES string of the molecule is COCCCn1c(COc2ccc(C)cc2C)nc2cc(C(F)(F)F)ccc21. The molecule has 28 heavy (non-hydrogen) atoms. The van der Waals surface area contributed by atoms with E-state index in [1.807, 2.05) is 36.6 Å². The Hall–Kier alpha value is -2.54. The first-order valence-corrected chi connectivity index (χ1v) is 9.05. The van der Waals surface area contributed by atoms with E-state index in [0.717, 1.165) is 35.4 Å². The molecule has 0 spiro atoms. The van der Waals surface area contributed by atoms with Crippen LogP contribution in [0.25, 0.3) is 11.0 Å². The number of rotatable bonds is 7. The fourth-order valence-electron chi connectivity index (χ4n) is 3.19. The van der Waals surface area contributed by atoms with Gasteiger partial charge in [-0.1, -0.05) is 17.7 Å². The second-order valence-electron chi connectivity index (χ2n) is 6.78. The van der Waals surface area contributed by atoms with Gasteiger partial charge in [-0.3, -0.25) is 0 Å². The van der Waals surface area contributed by atoms with Crippen molar-refractivity contribution in [2.75, 3.05) is 13.7 Å². The van der Waals surface area contributed by atoms with Gasteiger partial charge in [-0.05, 0) is 50.1 Å². The van der Waals surface area contributed by atoms with Gasteiger partial charge in [-0.25, -0.2) is 4.98 Å². The molecule has 0 bridgehead atoms. The van der Waals surface area contributed by atoms with Gasteiger partial charge in [0.1, 0.15) is 18.2 Å². The van der Waals surface area contributed by atoms with Crippen LogP contribution in [0.2, 0.25) is 0 Å². The van der Waals surface area contributed by atoms with E-state index in [4.69, 9.17) is 9.47 Å². The molecule has 0 N–H and O–H groups in total. The number of aryl methyl sites for hydroxylation is 3. The zero-order valence-corrected chi connectivity index (χ0v) is 16.1. The smallest absolute Gasteiger partial charge is 0.416 e. The van der Waals surface area contributed by atoms with Crippen LogP contribution in [0.5, 0.6) is 5.75 Å². The molecule has 0 saturated heterocycles. The van der Waals surface area contributed by atoms with Gasteiger partial charge in [0.2, 0.25) is 0 Å². The minimum absolute atomic E-state index is 0.174. The third-order valence-electron chi connectivity index (χ3n) is 4.57. The van der Waals surface area contributed by atoms with Gasteiger partial charge in [0.25, 0.3) is 0 Å². The minimum Gasteiger partial charge on any atom is -0.485 e. The van der Waals surface area contributed by atoms with Crippen LogP contribution in [0.1, 0.15) is 28.9 Å². The summed E-state index contributed by atoms with van der Waals surface area (Å²) in [6, 6.07) is 9.52. The van der Waals surface area contributed by atoms with Crippen LogP contribution in [0.3, 0.4) is 0 Å². The molecule has 0 radical (unpaired) electrons. The lowest BCUT2D eigenvalue weighted by molar-refractivity contribution is -0.137. The number of hydrogen-bond acceptors (Lipinski definition) is 3. The van der Waals surface area contributed by atoms with Gasteiger partial charge in [0.15, 0.2) is 0 Å². The maximum absolute atomic E-state index is 13.0. The van der Waals surface area contributed by atoms with Gasteiger partial charge >= 0.3 is 6.18 Å². The molecule has 1 heterocycles. The summed E-state index contributed by atoms with van der Waals surface area (Å²) in [4.78, 5) is 4.43. The summed E-state index contributed by atoms with van der Waals surface area (Å²) >= 11 is 0. The Balaban J connectivity index is 1.92. The Morgan fingerprint density at radius 3 is 2.54 bits per heavy atom. The molecule has 0 atom stereocenters. The van der Waals surface area contributed by atoms with Gasteiger partial charge in [-0.2, -0.15) is 13.2 Å². The Kier molecular flexibility index (Phi) is 5.93. The van der Waals surface area contributed by atoms with E-state index in [0.29, 0.717) is 30.0 Å². The van der Waals surface area contributed by atoms with E-state index in [2.05, 4.69) is 4.98 Å². The fraction of sp³-hybridized carbons (Fsp3) is 0.381. The maximum atomic E-state index is 13.0. The van der Waals surface area contributed by atoms with E-state index in [1.54, 1.807) is 7.11 Å². The van der Waals surface area contributed by atoms with Gasteiger partial charge in [0, 0.05) is 20.3 Å². The normalized spacial score (nSPS) is 11.9. The first-order valence-electron chi connectivity index (χ1n) is 9.05. The Bertz CT molecular complexity index is 964. The van der Waals surface area contributed by atoms with Crippen molar-refractivity contribution in [3.63, 3.8) is 0 Å². The van der Waals surface area contributed by atoms with Crippen molar-refractivity contribution < 1.29 is 22.6 Å². The quantitative estimate of drug-likeness (QED) is 0.513. The lowest BCUT2D eigenvalue weighted by Crippen LogP contribution is -2.09. The molecule has 1 aromatic heterocycles. The van der Waals surface area contributed by atoms with Crippen molar-refractivity contribution >= 4 is 11.0 Å². The van der Waals surface area contributed by atoms with Crippen LogP contribution in [0, 0.1) is 13.8 Å². The van der Waals surface area contributed by atoms with Crippen LogP contribution in [0.15, 0.2) is 36.4 Å². The Morgan fingerprint density at radius 2 is 1.86 bits per heavy atom. The van der Waals surface area contributed by atoms with Crippen molar-refractivity contribution in [3.8, 4) is 5.75 Å². The molecule has 3 rings (SSSR count). The number of fused-ring (bicyclic) bond motifs is 1. The lowest BCUT2D eigenvalue weighted by Gasteiger charge is -2.12. The second kappa shape index (κ2) is 8.22. The lowest BCUT2D eigenvalue weighted by atomic mass is 10.1. The average molecular weight is 392 g/mol. The molecule has 0 unspecified atom stereocenters. The molecule has 0 aliphatic heterocycles. The topological polar surface area (TPSA) is 36.3 Å². The number of benzene rings is 2. The largest absolute Gasteiger partial charge is 0.485 e. The van der Waals surface area contributed by atoms with E-state index >= 15 is 0 Å². The summed E-state index contributed by atoms with van der Waals surface area (Å²) in [6.07, 6.45) is -3.68. The van der Waals surface area contributed by atoms with Crippen molar-refractivity contribution in [2.45, 2.75) is 39.6 Å². The van der Waals surface area contributed by atoms with Crippen LogP contribution in [0.4, 0.5) is 13.2 Å². The molecule has 0 amide bonds. The van der Waals surface area contributed by atoms with E-state index in [1.165, 1.54) is 6.07 Å². The number of imidazole rings is 1. The highest BCUT2D eigenvalue weighted by Gasteiger charge is 2.31. The highest BCUT2D eigenvalue weighted by molar-refractivity contribution is 5.77. The van der Waals surface area contributed by atoms with Crippen molar-refractivity contribution in [1.29, 1.82) is 0 Å². The molecule has 0 aliphatic carbocycles. The molecule has 0 saturated carbocycles. The number of methoxy groups -OCH3 is 1. The number of alkyl halides is 3. The fourth-order valence-corrected chi connectivity index (χ4v) is 3.19. The van der Waals surface area contributed by atoms with E-state index in [-0.39, 0.29) is 6.61 Å². The first kappa shape index (κ1) is 20.2. The third kappa shape index (κ3) is 4.47. The van der Waals surface area contributed by atoms with Gasteiger partial charge in [-0.15, -0.1) is 0 Å². The van der Waals surface area contributed by atoms with Gasteiger partial charge in [0.05, 0.1) is 16.6 Å². The highest BCUT2D eigenvalue weighted by atomic mass is 19.4. The van der Waals surface area contributed by atoms with Crippen LogP contribution >= 0.6 is 0 Å². The minimum atomic E-state index is -4.40. The summed E-state index contributed by atoms with van der Waals surface area (Å²) < 4.78 is 52.0. The van der Waals surface area contributed by atoms with Gasteiger partial charge < -0.3 is 14.0 Å². The predicted molar refractivity (Wildman–Crippen MR) is 101 cm³/mol. The van der Waals surface area contributed by atoms with Crippen LogP contribution < -0.4 is 4.74 Å². The molecular weight excluding hydrogens is 369 g/mol. The number of halogens is 3. The van der Waals surface area contributed by atoms with Crippen molar-refractivity contribution in [1.82, 2.24) is 9.55 Å². The van der Waals surface area contributed by atoms with Crippen molar-refractivity contribution in [2.24, 2.45) is 0 Å². The zero-order valence-electron chi connectivity index (χ0n) is 16.1. The summed E-state index contributed by atoms with van der Waals surface area (Å²) in [5, 5.41) is 0. The standard InChI is InChI=1S/C21H23F3N2O2/c1-14-5-8-19(15(2)11-14)28-13-20-25-17-12-16(21(22,23)24)6-7-18(17)26(20)9-4-10-27-3/h5-8,11-12H,4,9-10,13H2,1-3H3. The zero-order chi connectivity index (χ0) is 20.3. The van der Waals surface area contributed by atoms with Crippen molar-refractivity contribution in [3.05, 3.63) is 58.9 Å². The Morgan fingerprint density at radius 1 is 1.07 bits per heavy atom. The first-order chi connectivity index (χ1) is 13.3. The average Bonchev–Trinajstić information content (AvgIpc) is 2.97. The Labute approximate surface area is 161 Å². The molecular formula is C21H23F3N2O2. The molecule has 3 aromatic rings. The molecule has 0 aliphatic rings. The number of hydrogen-bond donors (Lipinski definition) is 0. The highest BCUT2D eigenvalue weighted by Crippen LogP contribution is 2.32. The molecule has 2 aromatic carbocycles. The van der Waals surface area contributed by atoms with Crippen LogP contribution in [-0.2, 0) is 24.1 Å². The molecule has 150 valence electrons. The summed E-state index contributed by atoms with van der Waals surface area (Å²) in [5.41, 5.74) is 2.40. The number of aromatic nitrogens is 2. The summed E-state index contributed by atoms with van der Waals surface area (Å²) in [7, 11) is 1.62.